The number of aromatic amines is 1. The van der Waals surface area contributed by atoms with E-state index in [2.05, 4.69) is 55.3 Å². The van der Waals surface area contributed by atoms with E-state index in [1.807, 2.05) is 12.1 Å². The first kappa shape index (κ1) is 15.6. The number of H-pyrrole nitrogens is 1. The molecular formula is C17H25N3O. The zero-order valence-electron chi connectivity index (χ0n) is 13.4. The number of aromatic nitrogens is 2. The molecule has 0 aliphatic carbocycles. The minimum Gasteiger partial charge on any atom is -0.484 e. The van der Waals surface area contributed by atoms with Crippen LogP contribution in [-0.4, -0.2) is 16.7 Å². The highest BCUT2D eigenvalue weighted by atomic mass is 16.5. The van der Waals surface area contributed by atoms with E-state index in [9.17, 15) is 0 Å². The van der Waals surface area contributed by atoms with Crippen molar-refractivity contribution in [2.45, 2.75) is 46.8 Å². The number of nitrogens with one attached hydrogen (secondary N) is 2. The smallest absolute Gasteiger partial charge is 0.142 e. The van der Waals surface area contributed by atoms with Crippen LogP contribution in [0.1, 0.15) is 48.9 Å². The van der Waals surface area contributed by atoms with Gasteiger partial charge in [0.25, 0.3) is 0 Å². The maximum Gasteiger partial charge on any atom is 0.142 e. The Hall–Kier alpha value is -1.81. The predicted octanol–water partition coefficient (Wildman–Crippen LogP) is 3.67. The van der Waals surface area contributed by atoms with Crippen molar-refractivity contribution in [1.82, 2.24) is 15.5 Å². The summed E-state index contributed by atoms with van der Waals surface area (Å²) in [6.07, 6.45) is 0.864. The van der Waals surface area contributed by atoms with Crippen LogP contribution in [0.4, 0.5) is 0 Å². The van der Waals surface area contributed by atoms with Gasteiger partial charge in [-0.1, -0.05) is 31.5 Å². The molecule has 4 heteroatoms. The normalized spacial score (nSPS) is 12.4. The molecule has 0 fully saturated rings. The first-order chi connectivity index (χ1) is 10.2. The van der Waals surface area contributed by atoms with Crippen LogP contribution in [0.2, 0.25) is 0 Å². The van der Waals surface area contributed by atoms with Crippen LogP contribution in [0, 0.1) is 13.8 Å². The zero-order chi connectivity index (χ0) is 15.2. The highest BCUT2D eigenvalue weighted by Gasteiger charge is 2.20. The van der Waals surface area contributed by atoms with Crippen LogP contribution in [0.3, 0.4) is 0 Å². The SMILES string of the molecule is CCNCc1c(C(CC)Oc2ccc(C)cc2)n[nH]c1C. The Labute approximate surface area is 126 Å². The second-order valence-corrected chi connectivity index (χ2v) is 5.32. The number of benzene rings is 1. The maximum atomic E-state index is 6.13. The fourth-order valence-electron chi connectivity index (χ4n) is 2.32. The minimum atomic E-state index is -0.0219. The van der Waals surface area contributed by atoms with Gasteiger partial charge >= 0.3 is 0 Å². The second kappa shape index (κ2) is 7.27. The highest BCUT2D eigenvalue weighted by Crippen LogP contribution is 2.27. The summed E-state index contributed by atoms with van der Waals surface area (Å²) in [6, 6.07) is 8.16. The van der Waals surface area contributed by atoms with E-state index in [4.69, 9.17) is 4.74 Å². The largest absolute Gasteiger partial charge is 0.484 e. The Morgan fingerprint density at radius 1 is 1.19 bits per heavy atom. The van der Waals surface area contributed by atoms with Gasteiger partial charge in [-0.25, -0.2) is 0 Å². The number of aryl methyl sites for hydroxylation is 2. The molecule has 0 spiro atoms. The Bertz CT molecular complexity index is 560. The van der Waals surface area contributed by atoms with Crippen molar-refractivity contribution in [2.24, 2.45) is 0 Å². The molecule has 0 saturated heterocycles. The molecule has 0 radical (unpaired) electrons. The van der Waals surface area contributed by atoms with Crippen molar-refractivity contribution in [2.75, 3.05) is 6.54 Å². The van der Waals surface area contributed by atoms with Crippen LogP contribution in [0.15, 0.2) is 24.3 Å². The molecule has 21 heavy (non-hydrogen) atoms. The third kappa shape index (κ3) is 3.85. The molecule has 114 valence electrons. The molecule has 1 unspecified atom stereocenters. The molecule has 0 saturated carbocycles. The molecule has 1 heterocycles. The average molecular weight is 287 g/mol. The van der Waals surface area contributed by atoms with Gasteiger partial charge in [-0.15, -0.1) is 0 Å². The van der Waals surface area contributed by atoms with Crippen LogP contribution in [-0.2, 0) is 6.54 Å². The third-order valence-electron chi connectivity index (χ3n) is 3.63. The molecule has 4 nitrogen and oxygen atoms in total. The summed E-state index contributed by atoms with van der Waals surface area (Å²) in [5.41, 5.74) is 4.57. The molecular weight excluding hydrogens is 262 g/mol. The predicted molar refractivity (Wildman–Crippen MR) is 85.5 cm³/mol. The molecule has 1 atom stereocenters. The summed E-state index contributed by atoms with van der Waals surface area (Å²) in [5, 5.41) is 10.9. The van der Waals surface area contributed by atoms with Crippen LogP contribution < -0.4 is 10.1 Å². The van der Waals surface area contributed by atoms with Crippen molar-refractivity contribution >= 4 is 0 Å². The number of nitrogens with zero attached hydrogens (tertiary/aromatic N) is 1. The number of ether oxygens (including phenoxy) is 1. The molecule has 1 aromatic heterocycles. The zero-order valence-corrected chi connectivity index (χ0v) is 13.4. The van der Waals surface area contributed by atoms with Crippen LogP contribution in [0.5, 0.6) is 5.75 Å². The van der Waals surface area contributed by atoms with Gasteiger partial charge in [0.1, 0.15) is 17.5 Å². The lowest BCUT2D eigenvalue weighted by Crippen LogP contribution is -2.16. The molecule has 2 rings (SSSR count). The van der Waals surface area contributed by atoms with Crippen LogP contribution >= 0.6 is 0 Å². The van der Waals surface area contributed by atoms with Gasteiger partial charge < -0.3 is 10.1 Å². The fraction of sp³-hybridized carbons (Fsp3) is 0.471. The summed E-state index contributed by atoms with van der Waals surface area (Å²) < 4.78 is 6.13. The van der Waals surface area contributed by atoms with Crippen LogP contribution in [0.25, 0.3) is 0 Å². The topological polar surface area (TPSA) is 49.9 Å². The van der Waals surface area contributed by atoms with Gasteiger partial charge in [-0.05, 0) is 38.9 Å². The van der Waals surface area contributed by atoms with E-state index < -0.39 is 0 Å². The Balaban J connectivity index is 2.19. The summed E-state index contributed by atoms with van der Waals surface area (Å²) in [4.78, 5) is 0. The molecule has 2 aromatic rings. The quantitative estimate of drug-likeness (QED) is 0.817. The first-order valence-corrected chi connectivity index (χ1v) is 7.63. The van der Waals surface area contributed by atoms with E-state index in [0.717, 1.165) is 36.6 Å². The summed E-state index contributed by atoms with van der Waals surface area (Å²) in [7, 11) is 0. The lowest BCUT2D eigenvalue weighted by atomic mass is 10.1. The van der Waals surface area contributed by atoms with E-state index in [0.29, 0.717) is 0 Å². The number of hydrogen-bond donors (Lipinski definition) is 2. The number of rotatable bonds is 7. The fourth-order valence-corrected chi connectivity index (χ4v) is 2.32. The summed E-state index contributed by atoms with van der Waals surface area (Å²) in [6.45, 7) is 10.1. The average Bonchev–Trinajstić information content (AvgIpc) is 2.85. The first-order valence-electron chi connectivity index (χ1n) is 7.63. The van der Waals surface area contributed by atoms with Gasteiger partial charge in [0.2, 0.25) is 0 Å². The Morgan fingerprint density at radius 3 is 2.52 bits per heavy atom. The van der Waals surface area contributed by atoms with E-state index in [1.165, 1.54) is 11.1 Å². The summed E-state index contributed by atoms with van der Waals surface area (Å²) >= 11 is 0. The lowest BCUT2D eigenvalue weighted by Gasteiger charge is -2.17. The lowest BCUT2D eigenvalue weighted by molar-refractivity contribution is 0.195. The van der Waals surface area contributed by atoms with Crippen molar-refractivity contribution in [1.29, 1.82) is 0 Å². The molecule has 0 aliphatic heterocycles. The van der Waals surface area contributed by atoms with E-state index in [1.54, 1.807) is 0 Å². The van der Waals surface area contributed by atoms with Gasteiger partial charge in [0.05, 0.1) is 0 Å². The van der Waals surface area contributed by atoms with Crippen molar-refractivity contribution in [3.05, 3.63) is 46.8 Å². The summed E-state index contributed by atoms with van der Waals surface area (Å²) in [5.74, 6) is 0.891. The Kier molecular flexibility index (Phi) is 5.39. The minimum absolute atomic E-state index is 0.0219. The molecule has 0 amide bonds. The standard InChI is InChI=1S/C17H25N3O/c1-5-16(21-14-9-7-12(3)8-10-14)17-15(11-18-6-2)13(4)19-20-17/h7-10,16,18H,5-6,11H2,1-4H3,(H,19,20). The second-order valence-electron chi connectivity index (χ2n) is 5.32. The van der Waals surface area contributed by atoms with Crippen molar-refractivity contribution in [3.63, 3.8) is 0 Å². The van der Waals surface area contributed by atoms with Gasteiger partial charge in [-0.2, -0.15) is 5.10 Å². The van der Waals surface area contributed by atoms with Gasteiger partial charge in [0, 0.05) is 17.8 Å². The van der Waals surface area contributed by atoms with Crippen molar-refractivity contribution in [3.8, 4) is 5.75 Å². The van der Waals surface area contributed by atoms with Gasteiger partial charge in [0.15, 0.2) is 0 Å². The molecule has 0 bridgehead atoms. The monoisotopic (exact) mass is 287 g/mol. The highest BCUT2D eigenvalue weighted by molar-refractivity contribution is 5.30. The third-order valence-corrected chi connectivity index (χ3v) is 3.63. The molecule has 1 aromatic carbocycles. The Morgan fingerprint density at radius 2 is 1.90 bits per heavy atom. The molecule has 0 aliphatic rings. The van der Waals surface area contributed by atoms with E-state index in [-0.39, 0.29) is 6.10 Å². The number of hydrogen-bond acceptors (Lipinski definition) is 3. The van der Waals surface area contributed by atoms with E-state index >= 15 is 0 Å². The van der Waals surface area contributed by atoms with Gasteiger partial charge in [-0.3, -0.25) is 5.10 Å². The molecule has 2 N–H and O–H groups in total. The maximum absolute atomic E-state index is 6.13. The van der Waals surface area contributed by atoms with Crippen molar-refractivity contribution < 1.29 is 4.74 Å².